The predicted molar refractivity (Wildman–Crippen MR) is 85.3 cm³/mol. The van der Waals surface area contributed by atoms with Crippen molar-refractivity contribution in [3.05, 3.63) is 65.7 Å². The molecule has 0 aromatic heterocycles. The summed E-state index contributed by atoms with van der Waals surface area (Å²) in [5.41, 5.74) is 2.14. The number of methoxy groups -OCH3 is 1. The lowest BCUT2D eigenvalue weighted by atomic mass is 10.1. The molecule has 0 radical (unpaired) electrons. The van der Waals surface area contributed by atoms with Crippen molar-refractivity contribution < 1.29 is 9.84 Å². The largest absolute Gasteiger partial charge is 0.496 e. The number of ether oxygens (including phenoxy) is 1. The molecule has 0 saturated carbocycles. The third-order valence-corrected chi connectivity index (χ3v) is 3.60. The van der Waals surface area contributed by atoms with Crippen LogP contribution in [0.1, 0.15) is 23.7 Å². The quantitative estimate of drug-likeness (QED) is 0.847. The molecule has 2 rings (SSSR count). The SMILES string of the molecule is COc1ccccc1CN(C)CCC(O)c1ccccc1. The van der Waals surface area contributed by atoms with Crippen LogP contribution in [-0.4, -0.2) is 30.7 Å². The van der Waals surface area contributed by atoms with E-state index < -0.39 is 6.10 Å². The number of hydrogen-bond donors (Lipinski definition) is 1. The molecule has 21 heavy (non-hydrogen) atoms. The van der Waals surface area contributed by atoms with Crippen molar-refractivity contribution in [1.82, 2.24) is 4.90 Å². The molecule has 0 amide bonds. The van der Waals surface area contributed by atoms with E-state index in [1.54, 1.807) is 7.11 Å². The Labute approximate surface area is 126 Å². The van der Waals surface area contributed by atoms with Crippen LogP contribution >= 0.6 is 0 Å². The summed E-state index contributed by atoms with van der Waals surface area (Å²) < 4.78 is 5.37. The minimum atomic E-state index is -0.411. The number of benzene rings is 2. The van der Waals surface area contributed by atoms with Crippen molar-refractivity contribution in [2.75, 3.05) is 20.7 Å². The fraction of sp³-hybridized carbons (Fsp3) is 0.333. The zero-order valence-corrected chi connectivity index (χ0v) is 12.7. The second kappa shape index (κ2) is 7.81. The molecule has 1 unspecified atom stereocenters. The van der Waals surface area contributed by atoms with E-state index in [4.69, 9.17) is 4.74 Å². The Bertz CT molecular complexity index is 542. The van der Waals surface area contributed by atoms with Crippen molar-refractivity contribution in [1.29, 1.82) is 0 Å². The number of aliphatic hydroxyl groups excluding tert-OH is 1. The van der Waals surface area contributed by atoms with E-state index in [0.717, 1.165) is 36.4 Å². The van der Waals surface area contributed by atoms with Gasteiger partial charge in [0.25, 0.3) is 0 Å². The van der Waals surface area contributed by atoms with Gasteiger partial charge in [0.15, 0.2) is 0 Å². The topological polar surface area (TPSA) is 32.7 Å². The summed E-state index contributed by atoms with van der Waals surface area (Å²) in [5, 5.41) is 10.2. The molecule has 0 aliphatic rings. The van der Waals surface area contributed by atoms with E-state index >= 15 is 0 Å². The normalized spacial score (nSPS) is 12.4. The third kappa shape index (κ3) is 4.59. The third-order valence-electron chi connectivity index (χ3n) is 3.60. The van der Waals surface area contributed by atoms with Crippen molar-refractivity contribution in [2.24, 2.45) is 0 Å². The molecular weight excluding hydrogens is 262 g/mol. The maximum Gasteiger partial charge on any atom is 0.123 e. The minimum absolute atomic E-state index is 0.411. The van der Waals surface area contributed by atoms with Crippen LogP contribution in [0.2, 0.25) is 0 Å². The van der Waals surface area contributed by atoms with Crippen LogP contribution in [0, 0.1) is 0 Å². The lowest BCUT2D eigenvalue weighted by Crippen LogP contribution is -2.21. The van der Waals surface area contributed by atoms with Crippen LogP contribution in [0.3, 0.4) is 0 Å². The van der Waals surface area contributed by atoms with Crippen molar-refractivity contribution in [3.8, 4) is 5.75 Å². The first kappa shape index (κ1) is 15.5. The van der Waals surface area contributed by atoms with E-state index in [2.05, 4.69) is 18.0 Å². The van der Waals surface area contributed by atoms with Gasteiger partial charge in [-0.2, -0.15) is 0 Å². The van der Waals surface area contributed by atoms with Gasteiger partial charge in [0.2, 0.25) is 0 Å². The maximum atomic E-state index is 10.2. The lowest BCUT2D eigenvalue weighted by molar-refractivity contribution is 0.147. The molecule has 1 atom stereocenters. The lowest BCUT2D eigenvalue weighted by Gasteiger charge is -2.20. The van der Waals surface area contributed by atoms with Gasteiger partial charge in [-0.05, 0) is 25.1 Å². The van der Waals surface area contributed by atoms with E-state index in [-0.39, 0.29) is 0 Å². The first-order chi connectivity index (χ1) is 10.2. The smallest absolute Gasteiger partial charge is 0.123 e. The van der Waals surface area contributed by atoms with Gasteiger partial charge in [0.1, 0.15) is 5.75 Å². The Balaban J connectivity index is 1.86. The van der Waals surface area contributed by atoms with Crippen LogP contribution < -0.4 is 4.74 Å². The molecule has 2 aromatic carbocycles. The average Bonchev–Trinajstić information content (AvgIpc) is 2.54. The van der Waals surface area contributed by atoms with Crippen molar-refractivity contribution >= 4 is 0 Å². The van der Waals surface area contributed by atoms with Gasteiger partial charge < -0.3 is 14.7 Å². The van der Waals surface area contributed by atoms with Gasteiger partial charge in [-0.25, -0.2) is 0 Å². The summed E-state index contributed by atoms with van der Waals surface area (Å²) in [5.74, 6) is 0.910. The van der Waals surface area contributed by atoms with Gasteiger partial charge in [0.05, 0.1) is 13.2 Å². The number of aliphatic hydroxyl groups is 1. The molecule has 0 bridgehead atoms. The second-order valence-corrected chi connectivity index (χ2v) is 5.26. The molecule has 112 valence electrons. The van der Waals surface area contributed by atoms with Crippen LogP contribution in [0.5, 0.6) is 5.75 Å². The highest BCUT2D eigenvalue weighted by molar-refractivity contribution is 5.33. The summed E-state index contributed by atoms with van der Waals surface area (Å²) in [6, 6.07) is 17.8. The molecule has 3 heteroatoms. The molecule has 0 heterocycles. The second-order valence-electron chi connectivity index (χ2n) is 5.26. The highest BCUT2D eigenvalue weighted by atomic mass is 16.5. The molecular formula is C18H23NO2. The minimum Gasteiger partial charge on any atom is -0.496 e. The molecule has 0 aliphatic heterocycles. The molecule has 0 saturated heterocycles. The van der Waals surface area contributed by atoms with Gasteiger partial charge in [-0.15, -0.1) is 0 Å². The average molecular weight is 285 g/mol. The van der Waals surface area contributed by atoms with Crippen molar-refractivity contribution in [3.63, 3.8) is 0 Å². The fourth-order valence-electron chi connectivity index (χ4n) is 2.39. The number of nitrogens with zero attached hydrogens (tertiary/aromatic N) is 1. The molecule has 0 spiro atoms. The molecule has 1 N–H and O–H groups in total. The van der Waals surface area contributed by atoms with Crippen molar-refractivity contribution in [2.45, 2.75) is 19.1 Å². The first-order valence-electron chi connectivity index (χ1n) is 7.24. The highest BCUT2D eigenvalue weighted by Gasteiger charge is 2.10. The van der Waals surface area contributed by atoms with Crippen LogP contribution in [0.4, 0.5) is 0 Å². The Morgan fingerprint density at radius 1 is 1.05 bits per heavy atom. The number of hydrogen-bond acceptors (Lipinski definition) is 3. The van der Waals surface area contributed by atoms with E-state index in [0.29, 0.717) is 0 Å². The number of rotatable bonds is 7. The predicted octanol–water partition coefficient (Wildman–Crippen LogP) is 3.25. The Hall–Kier alpha value is -1.84. The van der Waals surface area contributed by atoms with Gasteiger partial charge >= 0.3 is 0 Å². The molecule has 0 aliphatic carbocycles. The van der Waals surface area contributed by atoms with Crippen LogP contribution in [0.15, 0.2) is 54.6 Å². The maximum absolute atomic E-state index is 10.2. The van der Waals surface area contributed by atoms with Crippen LogP contribution in [-0.2, 0) is 6.54 Å². The van der Waals surface area contributed by atoms with E-state index in [1.807, 2.05) is 48.5 Å². The summed E-state index contributed by atoms with van der Waals surface area (Å²) in [6.07, 6.45) is 0.307. The standard InChI is InChI=1S/C18H23NO2/c1-19(14-16-10-6-7-11-18(16)21-2)13-12-17(20)15-8-4-3-5-9-15/h3-11,17,20H,12-14H2,1-2H3. The Kier molecular flexibility index (Phi) is 5.78. The van der Waals surface area contributed by atoms with Gasteiger partial charge in [0, 0.05) is 18.7 Å². The summed E-state index contributed by atoms with van der Waals surface area (Å²) in [4.78, 5) is 2.20. The molecule has 0 fully saturated rings. The van der Waals surface area contributed by atoms with Gasteiger partial charge in [-0.1, -0.05) is 48.5 Å². The van der Waals surface area contributed by atoms with E-state index in [9.17, 15) is 5.11 Å². The summed E-state index contributed by atoms with van der Waals surface area (Å²) in [6.45, 7) is 1.64. The summed E-state index contributed by atoms with van der Waals surface area (Å²) in [7, 11) is 3.75. The Morgan fingerprint density at radius 2 is 1.71 bits per heavy atom. The monoisotopic (exact) mass is 285 g/mol. The zero-order chi connectivity index (χ0) is 15.1. The molecule has 3 nitrogen and oxygen atoms in total. The van der Waals surface area contributed by atoms with Gasteiger partial charge in [-0.3, -0.25) is 0 Å². The highest BCUT2D eigenvalue weighted by Crippen LogP contribution is 2.20. The number of para-hydroxylation sites is 1. The van der Waals surface area contributed by atoms with E-state index in [1.165, 1.54) is 0 Å². The summed E-state index contributed by atoms with van der Waals surface area (Å²) >= 11 is 0. The zero-order valence-electron chi connectivity index (χ0n) is 12.7. The molecule has 2 aromatic rings. The first-order valence-corrected chi connectivity index (χ1v) is 7.24. The van der Waals surface area contributed by atoms with Crippen LogP contribution in [0.25, 0.3) is 0 Å². The fourth-order valence-corrected chi connectivity index (χ4v) is 2.39. The Morgan fingerprint density at radius 3 is 2.43 bits per heavy atom.